The maximum Gasteiger partial charge on any atom is 0.352 e. The summed E-state index contributed by atoms with van der Waals surface area (Å²) >= 11 is 0. The molecule has 0 unspecified atom stereocenters. The number of ketones is 1. The lowest BCUT2D eigenvalue weighted by atomic mass is 9.93. The molecule has 2 N–H and O–H groups in total. The van der Waals surface area contributed by atoms with Gasteiger partial charge in [-0.2, -0.15) is 5.10 Å². The van der Waals surface area contributed by atoms with Crippen LogP contribution < -0.4 is 5.01 Å². The number of Topliss-reactive ketones (excluding diaryl/α,β-unsaturated/α-hetero) is 1. The second-order valence-electron chi connectivity index (χ2n) is 9.35. The summed E-state index contributed by atoms with van der Waals surface area (Å²) in [4.78, 5) is 23.4. The number of carboxylic acid groups (broad SMARTS) is 1. The zero-order chi connectivity index (χ0) is 26.0. The molecule has 0 aliphatic carbocycles. The molecule has 1 heterocycles. The minimum atomic E-state index is -1.07. The fourth-order valence-electron chi connectivity index (χ4n) is 4.66. The normalized spacial score (nSPS) is 17.2. The SMILES string of the molecule is CC(=O)C[C@H]1[C@H](C)C(C(=O)O)=NN1c1ccc(Cc2ccc(-c3cc(CO)ccc3F)cc2C)cc1. The maximum atomic E-state index is 14.4. The number of aliphatic hydroxyl groups excluding tert-OH is 1. The Morgan fingerprint density at radius 1 is 1.03 bits per heavy atom. The van der Waals surface area contributed by atoms with Crippen molar-refractivity contribution in [2.24, 2.45) is 11.0 Å². The standard InChI is InChI=1S/C29H29FN2O4/c1-17-12-23(25-15-21(16-33)6-11-26(25)30)8-7-22(17)14-20-4-9-24(10-5-20)32-27(13-18(2)34)19(3)28(31-32)29(35)36/h4-12,15,19,27,33H,13-14,16H2,1-3H3,(H,35,36)/t19-,27-/m0/s1. The van der Waals surface area contributed by atoms with Crippen LogP contribution in [0.5, 0.6) is 0 Å². The lowest BCUT2D eigenvalue weighted by Crippen LogP contribution is -2.34. The summed E-state index contributed by atoms with van der Waals surface area (Å²) in [6, 6.07) is 17.8. The van der Waals surface area contributed by atoms with E-state index in [-0.39, 0.29) is 42.3 Å². The number of anilines is 1. The van der Waals surface area contributed by atoms with Gasteiger partial charge < -0.3 is 10.2 Å². The molecule has 3 aromatic rings. The highest BCUT2D eigenvalue weighted by Crippen LogP contribution is 2.32. The van der Waals surface area contributed by atoms with Gasteiger partial charge in [-0.3, -0.25) is 9.80 Å². The molecule has 4 rings (SSSR count). The Morgan fingerprint density at radius 2 is 1.72 bits per heavy atom. The van der Waals surface area contributed by atoms with Gasteiger partial charge in [0.2, 0.25) is 0 Å². The van der Waals surface area contributed by atoms with Gasteiger partial charge in [0.05, 0.1) is 18.3 Å². The van der Waals surface area contributed by atoms with E-state index in [9.17, 15) is 24.2 Å². The largest absolute Gasteiger partial charge is 0.477 e. The first-order chi connectivity index (χ1) is 17.2. The Bertz CT molecular complexity index is 1330. The Hall–Kier alpha value is -3.84. The van der Waals surface area contributed by atoms with Gasteiger partial charge in [0.25, 0.3) is 0 Å². The number of carbonyl (C=O) groups excluding carboxylic acids is 1. The molecular formula is C29H29FN2O4. The fourth-order valence-corrected chi connectivity index (χ4v) is 4.66. The first-order valence-electron chi connectivity index (χ1n) is 11.9. The van der Waals surface area contributed by atoms with Gasteiger partial charge >= 0.3 is 5.97 Å². The van der Waals surface area contributed by atoms with E-state index < -0.39 is 5.97 Å². The van der Waals surface area contributed by atoms with Crippen LogP contribution in [0.2, 0.25) is 0 Å². The van der Waals surface area contributed by atoms with Crippen LogP contribution in [-0.2, 0) is 22.6 Å². The molecule has 0 aromatic heterocycles. The van der Waals surface area contributed by atoms with Crippen LogP contribution in [0.1, 0.15) is 42.5 Å². The predicted octanol–water partition coefficient (Wildman–Crippen LogP) is 5.13. The summed E-state index contributed by atoms with van der Waals surface area (Å²) in [6.07, 6.45) is 0.888. The molecule has 1 aliphatic heterocycles. The third-order valence-corrected chi connectivity index (χ3v) is 6.72. The second-order valence-corrected chi connectivity index (χ2v) is 9.35. The molecule has 2 atom stereocenters. The molecule has 36 heavy (non-hydrogen) atoms. The Kier molecular flexibility index (Phi) is 7.31. The first kappa shape index (κ1) is 25.3. The van der Waals surface area contributed by atoms with Crippen LogP contribution in [0, 0.1) is 18.7 Å². The van der Waals surface area contributed by atoms with Crippen molar-refractivity contribution in [3.8, 4) is 11.1 Å². The van der Waals surface area contributed by atoms with E-state index in [1.54, 1.807) is 24.1 Å². The van der Waals surface area contributed by atoms with E-state index in [1.165, 1.54) is 13.0 Å². The van der Waals surface area contributed by atoms with Crippen molar-refractivity contribution in [3.63, 3.8) is 0 Å². The van der Waals surface area contributed by atoms with Crippen LogP contribution in [0.15, 0.2) is 65.8 Å². The van der Waals surface area contributed by atoms with Crippen molar-refractivity contribution in [3.05, 3.63) is 88.7 Å². The Morgan fingerprint density at radius 3 is 2.33 bits per heavy atom. The first-order valence-corrected chi connectivity index (χ1v) is 11.9. The average molecular weight is 489 g/mol. The molecular weight excluding hydrogens is 459 g/mol. The number of nitrogens with zero attached hydrogens (tertiary/aromatic N) is 2. The van der Waals surface area contributed by atoms with Gasteiger partial charge in [0.15, 0.2) is 5.71 Å². The topological polar surface area (TPSA) is 90.2 Å². The summed E-state index contributed by atoms with van der Waals surface area (Å²) in [5, 5.41) is 24.8. The van der Waals surface area contributed by atoms with Gasteiger partial charge in [0.1, 0.15) is 11.6 Å². The molecule has 186 valence electrons. The third-order valence-electron chi connectivity index (χ3n) is 6.72. The summed E-state index contributed by atoms with van der Waals surface area (Å²) in [5.74, 6) is -1.78. The highest BCUT2D eigenvalue weighted by atomic mass is 19.1. The number of aliphatic hydroxyl groups is 1. The number of carboxylic acids is 1. The molecule has 6 nitrogen and oxygen atoms in total. The highest BCUT2D eigenvalue weighted by molar-refractivity contribution is 6.37. The molecule has 0 amide bonds. The van der Waals surface area contributed by atoms with E-state index in [2.05, 4.69) is 5.10 Å². The van der Waals surface area contributed by atoms with Gasteiger partial charge in [-0.15, -0.1) is 0 Å². The summed E-state index contributed by atoms with van der Waals surface area (Å²) in [7, 11) is 0. The quantitative estimate of drug-likeness (QED) is 0.459. The van der Waals surface area contributed by atoms with Crippen molar-refractivity contribution in [1.82, 2.24) is 0 Å². The summed E-state index contributed by atoms with van der Waals surface area (Å²) < 4.78 is 14.4. The smallest absolute Gasteiger partial charge is 0.352 e. The van der Waals surface area contributed by atoms with Gasteiger partial charge in [-0.05, 0) is 72.4 Å². The second kappa shape index (κ2) is 10.4. The van der Waals surface area contributed by atoms with E-state index in [0.717, 1.165) is 27.9 Å². The van der Waals surface area contributed by atoms with Gasteiger partial charge in [-0.25, -0.2) is 9.18 Å². The molecule has 0 saturated heterocycles. The monoisotopic (exact) mass is 488 g/mol. The van der Waals surface area contributed by atoms with E-state index in [0.29, 0.717) is 17.5 Å². The van der Waals surface area contributed by atoms with E-state index >= 15 is 0 Å². The number of rotatable bonds is 8. The molecule has 0 saturated carbocycles. The minimum Gasteiger partial charge on any atom is -0.477 e. The molecule has 0 spiro atoms. The molecule has 0 radical (unpaired) electrons. The van der Waals surface area contributed by atoms with Gasteiger partial charge in [-0.1, -0.05) is 43.3 Å². The van der Waals surface area contributed by atoms with Crippen molar-refractivity contribution in [2.75, 3.05) is 5.01 Å². The van der Waals surface area contributed by atoms with Crippen LogP contribution in [0.3, 0.4) is 0 Å². The van der Waals surface area contributed by atoms with E-state index in [4.69, 9.17) is 0 Å². The Labute approximate surface area is 209 Å². The average Bonchev–Trinajstić information content (AvgIpc) is 3.17. The van der Waals surface area contributed by atoms with Gasteiger partial charge in [0, 0.05) is 17.9 Å². The van der Waals surface area contributed by atoms with E-state index in [1.807, 2.05) is 49.4 Å². The number of hydrogen-bond acceptors (Lipinski definition) is 5. The lowest BCUT2D eigenvalue weighted by Gasteiger charge is -2.25. The van der Waals surface area contributed by atoms with Crippen molar-refractivity contribution >= 4 is 23.2 Å². The number of benzene rings is 3. The van der Waals surface area contributed by atoms with Crippen LogP contribution in [0.4, 0.5) is 10.1 Å². The summed E-state index contributed by atoms with van der Waals surface area (Å²) in [6.45, 7) is 5.13. The zero-order valence-electron chi connectivity index (χ0n) is 20.5. The Balaban J connectivity index is 1.55. The third kappa shape index (κ3) is 5.21. The number of carbonyl (C=O) groups is 2. The van der Waals surface area contributed by atoms with Crippen molar-refractivity contribution < 1.29 is 24.2 Å². The number of aliphatic carboxylic acids is 1. The van der Waals surface area contributed by atoms with Crippen LogP contribution in [-0.4, -0.2) is 33.7 Å². The van der Waals surface area contributed by atoms with Crippen LogP contribution in [0.25, 0.3) is 11.1 Å². The lowest BCUT2D eigenvalue weighted by molar-refractivity contribution is -0.129. The summed E-state index contributed by atoms with van der Waals surface area (Å²) in [5.41, 5.74) is 5.85. The zero-order valence-corrected chi connectivity index (χ0v) is 20.5. The molecule has 0 fully saturated rings. The molecule has 7 heteroatoms. The van der Waals surface area contributed by atoms with Crippen molar-refractivity contribution in [2.45, 2.75) is 46.3 Å². The molecule has 3 aromatic carbocycles. The molecule has 1 aliphatic rings. The molecule has 0 bridgehead atoms. The number of hydrazone groups is 1. The van der Waals surface area contributed by atoms with Crippen molar-refractivity contribution in [1.29, 1.82) is 0 Å². The number of hydrogen-bond donors (Lipinski definition) is 2. The highest BCUT2D eigenvalue weighted by Gasteiger charge is 2.38. The minimum absolute atomic E-state index is 0.0165. The number of aryl methyl sites for hydroxylation is 1. The fraction of sp³-hybridized carbons (Fsp3) is 0.276. The predicted molar refractivity (Wildman–Crippen MR) is 138 cm³/mol. The van der Waals surface area contributed by atoms with Crippen LogP contribution >= 0.6 is 0 Å². The number of halogens is 1. The maximum absolute atomic E-state index is 14.4.